The van der Waals surface area contributed by atoms with Gasteiger partial charge in [-0.1, -0.05) is 29.9 Å². The molecular formula is C13H16N2OS. The Morgan fingerprint density at radius 2 is 2.06 bits per heavy atom. The standard InChI is InChI=1S/C13H16N2OS/c1-9-4-6-10(7-5-9)13(16)15-8-2-3-11(15)12(14)17/h4-7,11H,2-3,8H2,1H3,(H2,14,17). The summed E-state index contributed by atoms with van der Waals surface area (Å²) in [7, 11) is 0. The number of likely N-dealkylation sites (tertiary alicyclic amines) is 1. The van der Waals surface area contributed by atoms with Gasteiger partial charge in [0.2, 0.25) is 0 Å². The number of thiocarbonyl (C=S) groups is 1. The van der Waals surface area contributed by atoms with Crippen molar-refractivity contribution in [2.24, 2.45) is 5.73 Å². The van der Waals surface area contributed by atoms with E-state index < -0.39 is 0 Å². The summed E-state index contributed by atoms with van der Waals surface area (Å²) in [5.41, 5.74) is 7.52. The number of hydrogen-bond donors (Lipinski definition) is 1. The fourth-order valence-electron chi connectivity index (χ4n) is 2.17. The topological polar surface area (TPSA) is 46.3 Å². The Labute approximate surface area is 107 Å². The molecule has 0 radical (unpaired) electrons. The third-order valence-corrected chi connectivity index (χ3v) is 3.41. The molecule has 1 atom stereocenters. The quantitative estimate of drug-likeness (QED) is 0.813. The van der Waals surface area contributed by atoms with Crippen LogP contribution >= 0.6 is 12.2 Å². The molecule has 1 saturated heterocycles. The Morgan fingerprint density at radius 1 is 1.41 bits per heavy atom. The van der Waals surface area contributed by atoms with Crippen LogP contribution < -0.4 is 5.73 Å². The Bertz CT molecular complexity index is 441. The first kappa shape index (κ1) is 12.0. The summed E-state index contributed by atoms with van der Waals surface area (Å²) >= 11 is 5.01. The van der Waals surface area contributed by atoms with Crippen molar-refractivity contribution in [1.82, 2.24) is 4.90 Å². The molecule has 2 rings (SSSR count). The van der Waals surface area contributed by atoms with Crippen LogP contribution in [0.3, 0.4) is 0 Å². The van der Waals surface area contributed by atoms with Crippen molar-refractivity contribution < 1.29 is 4.79 Å². The summed E-state index contributed by atoms with van der Waals surface area (Å²) in [6, 6.07) is 7.52. The molecule has 0 aliphatic carbocycles. The Kier molecular flexibility index (Phi) is 3.43. The van der Waals surface area contributed by atoms with Crippen LogP contribution in [0.15, 0.2) is 24.3 Å². The van der Waals surface area contributed by atoms with Crippen molar-refractivity contribution in [2.75, 3.05) is 6.54 Å². The average molecular weight is 248 g/mol. The Balaban J connectivity index is 2.19. The highest BCUT2D eigenvalue weighted by molar-refractivity contribution is 7.80. The second kappa shape index (κ2) is 4.84. The molecule has 1 aliphatic heterocycles. The highest BCUT2D eigenvalue weighted by Crippen LogP contribution is 2.20. The smallest absolute Gasteiger partial charge is 0.254 e. The number of hydrogen-bond acceptors (Lipinski definition) is 2. The van der Waals surface area contributed by atoms with Crippen molar-refractivity contribution in [3.05, 3.63) is 35.4 Å². The van der Waals surface area contributed by atoms with Crippen molar-refractivity contribution in [3.63, 3.8) is 0 Å². The van der Waals surface area contributed by atoms with Gasteiger partial charge in [0, 0.05) is 12.1 Å². The maximum atomic E-state index is 12.3. The molecule has 0 spiro atoms. The van der Waals surface area contributed by atoms with E-state index in [1.807, 2.05) is 31.2 Å². The van der Waals surface area contributed by atoms with Gasteiger partial charge in [0.05, 0.1) is 11.0 Å². The van der Waals surface area contributed by atoms with E-state index in [9.17, 15) is 4.79 Å². The zero-order valence-electron chi connectivity index (χ0n) is 9.85. The molecule has 90 valence electrons. The first-order valence-electron chi connectivity index (χ1n) is 5.76. The van der Waals surface area contributed by atoms with E-state index in [4.69, 9.17) is 18.0 Å². The van der Waals surface area contributed by atoms with E-state index in [0.29, 0.717) is 10.6 Å². The number of nitrogens with zero attached hydrogens (tertiary/aromatic N) is 1. The van der Waals surface area contributed by atoms with Crippen LogP contribution in [0.1, 0.15) is 28.8 Å². The molecule has 1 unspecified atom stereocenters. The highest BCUT2D eigenvalue weighted by Gasteiger charge is 2.30. The van der Waals surface area contributed by atoms with Crippen LogP contribution in [0.5, 0.6) is 0 Å². The molecule has 1 fully saturated rings. The molecule has 1 aromatic carbocycles. The fourth-order valence-corrected chi connectivity index (χ4v) is 2.41. The SMILES string of the molecule is Cc1ccc(C(=O)N2CCCC2C(N)=S)cc1. The molecule has 2 N–H and O–H groups in total. The lowest BCUT2D eigenvalue weighted by Gasteiger charge is -2.23. The summed E-state index contributed by atoms with van der Waals surface area (Å²) in [6.07, 6.45) is 1.85. The monoisotopic (exact) mass is 248 g/mol. The number of carbonyl (C=O) groups is 1. The Morgan fingerprint density at radius 3 is 2.65 bits per heavy atom. The number of aryl methyl sites for hydroxylation is 1. The number of carbonyl (C=O) groups excluding carboxylic acids is 1. The van der Waals surface area contributed by atoms with Gasteiger partial charge in [0.15, 0.2) is 0 Å². The lowest BCUT2D eigenvalue weighted by atomic mass is 10.1. The molecule has 0 aromatic heterocycles. The molecule has 3 nitrogen and oxygen atoms in total. The van der Waals surface area contributed by atoms with E-state index in [1.54, 1.807) is 4.90 Å². The van der Waals surface area contributed by atoms with Gasteiger partial charge in [0.1, 0.15) is 0 Å². The minimum absolute atomic E-state index is 0.0281. The first-order valence-corrected chi connectivity index (χ1v) is 6.17. The summed E-state index contributed by atoms with van der Waals surface area (Å²) in [5, 5.41) is 0. The maximum absolute atomic E-state index is 12.3. The van der Waals surface area contributed by atoms with Gasteiger partial charge in [-0.2, -0.15) is 0 Å². The average Bonchev–Trinajstić information content (AvgIpc) is 2.78. The lowest BCUT2D eigenvalue weighted by molar-refractivity contribution is 0.0770. The number of amides is 1. The van der Waals surface area contributed by atoms with Crippen LogP contribution in [0.4, 0.5) is 0 Å². The van der Waals surface area contributed by atoms with Gasteiger partial charge in [-0.05, 0) is 31.9 Å². The largest absolute Gasteiger partial charge is 0.392 e. The van der Waals surface area contributed by atoms with Crippen LogP contribution in [-0.4, -0.2) is 28.4 Å². The molecule has 1 heterocycles. The molecule has 1 aliphatic rings. The minimum Gasteiger partial charge on any atom is -0.392 e. The van der Waals surface area contributed by atoms with Gasteiger partial charge >= 0.3 is 0 Å². The maximum Gasteiger partial charge on any atom is 0.254 e. The van der Waals surface area contributed by atoms with Crippen LogP contribution in [-0.2, 0) is 0 Å². The number of rotatable bonds is 2. The fraction of sp³-hybridized carbons (Fsp3) is 0.385. The Hall–Kier alpha value is -1.42. The van der Waals surface area contributed by atoms with E-state index in [0.717, 1.165) is 24.9 Å². The molecule has 4 heteroatoms. The zero-order valence-corrected chi connectivity index (χ0v) is 10.7. The van der Waals surface area contributed by atoms with Gasteiger partial charge in [-0.15, -0.1) is 0 Å². The van der Waals surface area contributed by atoms with Crippen LogP contribution in [0, 0.1) is 6.92 Å². The third kappa shape index (κ3) is 2.47. The van der Waals surface area contributed by atoms with Gasteiger partial charge < -0.3 is 10.6 Å². The zero-order chi connectivity index (χ0) is 12.4. The second-order valence-corrected chi connectivity index (χ2v) is 4.90. The van der Waals surface area contributed by atoms with E-state index in [1.165, 1.54) is 0 Å². The van der Waals surface area contributed by atoms with Crippen molar-refractivity contribution >= 4 is 23.1 Å². The lowest BCUT2D eigenvalue weighted by Crippen LogP contribution is -2.42. The molecule has 17 heavy (non-hydrogen) atoms. The van der Waals surface area contributed by atoms with E-state index >= 15 is 0 Å². The molecule has 0 saturated carbocycles. The van der Waals surface area contributed by atoms with Crippen molar-refractivity contribution in [1.29, 1.82) is 0 Å². The normalized spacial score (nSPS) is 19.4. The van der Waals surface area contributed by atoms with Crippen LogP contribution in [0.25, 0.3) is 0 Å². The summed E-state index contributed by atoms with van der Waals surface area (Å²) in [5.74, 6) is 0.0281. The van der Waals surface area contributed by atoms with Crippen molar-refractivity contribution in [3.8, 4) is 0 Å². The second-order valence-electron chi connectivity index (χ2n) is 4.42. The number of benzene rings is 1. The van der Waals surface area contributed by atoms with Crippen molar-refractivity contribution in [2.45, 2.75) is 25.8 Å². The summed E-state index contributed by atoms with van der Waals surface area (Å²) in [4.78, 5) is 14.5. The predicted octanol–water partition coefficient (Wildman–Crippen LogP) is 1.89. The van der Waals surface area contributed by atoms with Crippen LogP contribution in [0.2, 0.25) is 0 Å². The van der Waals surface area contributed by atoms with Gasteiger partial charge in [-0.3, -0.25) is 4.79 Å². The van der Waals surface area contributed by atoms with E-state index in [2.05, 4.69) is 0 Å². The van der Waals surface area contributed by atoms with Gasteiger partial charge in [-0.25, -0.2) is 0 Å². The van der Waals surface area contributed by atoms with E-state index in [-0.39, 0.29) is 11.9 Å². The molecular weight excluding hydrogens is 232 g/mol. The number of nitrogens with two attached hydrogens (primary N) is 1. The minimum atomic E-state index is -0.0706. The summed E-state index contributed by atoms with van der Waals surface area (Å²) in [6.45, 7) is 2.75. The predicted molar refractivity (Wildman–Crippen MR) is 72.0 cm³/mol. The third-order valence-electron chi connectivity index (χ3n) is 3.14. The molecule has 1 amide bonds. The van der Waals surface area contributed by atoms with Gasteiger partial charge in [0.25, 0.3) is 5.91 Å². The summed E-state index contributed by atoms with van der Waals surface area (Å²) < 4.78 is 0. The molecule has 1 aromatic rings. The molecule has 0 bridgehead atoms. The highest BCUT2D eigenvalue weighted by atomic mass is 32.1. The first-order chi connectivity index (χ1) is 8.09.